The molecule has 0 saturated heterocycles. The molecule has 1 rings (SSSR count). The van der Waals surface area contributed by atoms with Crippen LogP contribution in [0, 0.1) is 0 Å². The third kappa shape index (κ3) is 5.57. The number of nitrogens with zero attached hydrogens (tertiary/aromatic N) is 1. The van der Waals surface area contributed by atoms with Crippen LogP contribution in [-0.4, -0.2) is 36.7 Å². The molecular formula is C14H22N2O2. The van der Waals surface area contributed by atoms with Crippen LogP contribution in [0.5, 0.6) is 0 Å². The van der Waals surface area contributed by atoms with Gasteiger partial charge in [0.15, 0.2) is 0 Å². The normalized spacial score (nSPS) is 10.9. The molecule has 0 heterocycles. The first-order valence-electron chi connectivity index (χ1n) is 6.11. The van der Waals surface area contributed by atoms with Gasteiger partial charge in [0.1, 0.15) is 5.60 Å². The Morgan fingerprint density at radius 3 is 2.44 bits per heavy atom. The van der Waals surface area contributed by atoms with Crippen molar-refractivity contribution in [3.05, 3.63) is 30.3 Å². The molecule has 0 bridgehead atoms. The molecule has 0 unspecified atom stereocenters. The molecule has 1 aromatic rings. The van der Waals surface area contributed by atoms with E-state index in [0.717, 1.165) is 5.69 Å². The number of rotatable bonds is 4. The summed E-state index contributed by atoms with van der Waals surface area (Å²) in [7, 11) is 1.74. The fourth-order valence-electron chi connectivity index (χ4n) is 1.36. The molecular weight excluding hydrogens is 228 g/mol. The van der Waals surface area contributed by atoms with Crippen molar-refractivity contribution >= 4 is 11.8 Å². The monoisotopic (exact) mass is 250 g/mol. The molecule has 4 nitrogen and oxygen atoms in total. The predicted octanol–water partition coefficient (Wildman–Crippen LogP) is 2.97. The SMILES string of the molecule is CN(CCNc1ccccc1)C(=O)OC(C)(C)C. The largest absolute Gasteiger partial charge is 0.444 e. The van der Waals surface area contributed by atoms with Gasteiger partial charge in [-0.1, -0.05) is 18.2 Å². The Bertz CT molecular complexity index is 371. The molecule has 4 heteroatoms. The quantitative estimate of drug-likeness (QED) is 0.893. The summed E-state index contributed by atoms with van der Waals surface area (Å²) in [5, 5.41) is 3.24. The van der Waals surface area contributed by atoms with Crippen LogP contribution in [0.25, 0.3) is 0 Å². The van der Waals surface area contributed by atoms with Crippen molar-refractivity contribution in [3.63, 3.8) is 0 Å². The average Bonchev–Trinajstić information content (AvgIpc) is 2.28. The average molecular weight is 250 g/mol. The highest BCUT2D eigenvalue weighted by Crippen LogP contribution is 2.09. The molecule has 0 fully saturated rings. The topological polar surface area (TPSA) is 41.6 Å². The highest BCUT2D eigenvalue weighted by molar-refractivity contribution is 5.67. The summed E-state index contributed by atoms with van der Waals surface area (Å²) in [6, 6.07) is 9.90. The number of benzene rings is 1. The number of amides is 1. The Balaban J connectivity index is 2.29. The van der Waals surface area contributed by atoms with Gasteiger partial charge in [-0.05, 0) is 32.9 Å². The lowest BCUT2D eigenvalue weighted by atomic mass is 10.2. The summed E-state index contributed by atoms with van der Waals surface area (Å²) in [6.07, 6.45) is -0.294. The van der Waals surface area contributed by atoms with Gasteiger partial charge < -0.3 is 15.0 Å². The van der Waals surface area contributed by atoms with Crippen molar-refractivity contribution in [1.82, 2.24) is 4.90 Å². The van der Waals surface area contributed by atoms with Crippen LogP contribution < -0.4 is 5.32 Å². The summed E-state index contributed by atoms with van der Waals surface area (Å²) in [6.45, 7) is 6.88. The Morgan fingerprint density at radius 1 is 1.28 bits per heavy atom. The zero-order valence-electron chi connectivity index (χ0n) is 11.6. The molecule has 0 aliphatic rings. The first-order valence-corrected chi connectivity index (χ1v) is 6.11. The number of para-hydroxylation sites is 1. The van der Waals surface area contributed by atoms with Gasteiger partial charge >= 0.3 is 6.09 Å². The number of hydrogen-bond donors (Lipinski definition) is 1. The molecule has 0 atom stereocenters. The highest BCUT2D eigenvalue weighted by Gasteiger charge is 2.18. The summed E-state index contributed by atoms with van der Waals surface area (Å²) in [5.41, 5.74) is 0.605. The van der Waals surface area contributed by atoms with Crippen LogP contribution in [0.3, 0.4) is 0 Å². The van der Waals surface area contributed by atoms with Crippen molar-refractivity contribution in [3.8, 4) is 0 Å². The van der Waals surface area contributed by atoms with Crippen LogP contribution in [0.2, 0.25) is 0 Å². The summed E-state index contributed by atoms with van der Waals surface area (Å²) in [5.74, 6) is 0. The second kappa shape index (κ2) is 6.28. The van der Waals surface area contributed by atoms with Crippen LogP contribution in [0.15, 0.2) is 30.3 Å². The van der Waals surface area contributed by atoms with Gasteiger partial charge in [0.2, 0.25) is 0 Å². The lowest BCUT2D eigenvalue weighted by molar-refractivity contribution is 0.0305. The standard InChI is InChI=1S/C14H22N2O2/c1-14(2,3)18-13(17)16(4)11-10-15-12-8-6-5-7-9-12/h5-9,15H,10-11H2,1-4H3. The van der Waals surface area contributed by atoms with Gasteiger partial charge in [-0.2, -0.15) is 0 Å². The van der Waals surface area contributed by atoms with Crippen LogP contribution in [0.4, 0.5) is 10.5 Å². The fraction of sp³-hybridized carbons (Fsp3) is 0.500. The third-order valence-corrected chi connectivity index (χ3v) is 2.26. The number of anilines is 1. The number of hydrogen-bond acceptors (Lipinski definition) is 3. The van der Waals surface area contributed by atoms with E-state index in [-0.39, 0.29) is 6.09 Å². The van der Waals surface area contributed by atoms with Gasteiger partial charge in [0, 0.05) is 25.8 Å². The Labute approximate surface area is 109 Å². The third-order valence-electron chi connectivity index (χ3n) is 2.26. The van der Waals surface area contributed by atoms with E-state index in [4.69, 9.17) is 4.74 Å². The molecule has 0 spiro atoms. The molecule has 1 N–H and O–H groups in total. The summed E-state index contributed by atoms with van der Waals surface area (Å²) >= 11 is 0. The van der Waals surface area contributed by atoms with Crippen molar-refractivity contribution in [2.45, 2.75) is 26.4 Å². The summed E-state index contributed by atoms with van der Waals surface area (Å²) < 4.78 is 5.26. The van der Waals surface area contributed by atoms with E-state index in [1.807, 2.05) is 51.1 Å². The molecule has 0 radical (unpaired) electrons. The minimum absolute atomic E-state index is 0.294. The van der Waals surface area contributed by atoms with E-state index in [9.17, 15) is 4.79 Å². The molecule has 0 saturated carbocycles. The Hall–Kier alpha value is -1.71. The number of carbonyl (C=O) groups is 1. The lowest BCUT2D eigenvalue weighted by Gasteiger charge is -2.24. The second-order valence-electron chi connectivity index (χ2n) is 5.19. The van der Waals surface area contributed by atoms with Crippen LogP contribution in [0.1, 0.15) is 20.8 Å². The van der Waals surface area contributed by atoms with E-state index >= 15 is 0 Å². The van der Waals surface area contributed by atoms with E-state index in [1.54, 1.807) is 11.9 Å². The first-order chi connectivity index (χ1) is 8.38. The lowest BCUT2D eigenvalue weighted by Crippen LogP contribution is -2.36. The maximum Gasteiger partial charge on any atom is 0.410 e. The minimum atomic E-state index is -0.446. The van der Waals surface area contributed by atoms with E-state index in [0.29, 0.717) is 13.1 Å². The smallest absolute Gasteiger partial charge is 0.410 e. The highest BCUT2D eigenvalue weighted by atomic mass is 16.6. The van der Waals surface area contributed by atoms with E-state index < -0.39 is 5.60 Å². The number of carbonyl (C=O) groups excluding carboxylic acids is 1. The van der Waals surface area contributed by atoms with Crippen molar-refractivity contribution in [2.75, 3.05) is 25.5 Å². The minimum Gasteiger partial charge on any atom is -0.444 e. The maximum atomic E-state index is 11.7. The first kappa shape index (κ1) is 14.4. The van der Waals surface area contributed by atoms with Crippen molar-refractivity contribution in [2.24, 2.45) is 0 Å². The fourth-order valence-corrected chi connectivity index (χ4v) is 1.36. The molecule has 18 heavy (non-hydrogen) atoms. The zero-order chi connectivity index (χ0) is 13.6. The Kier molecular flexibility index (Phi) is 5.01. The molecule has 0 aliphatic heterocycles. The predicted molar refractivity (Wildman–Crippen MR) is 73.8 cm³/mol. The van der Waals surface area contributed by atoms with Gasteiger partial charge in [-0.15, -0.1) is 0 Å². The number of ether oxygens (including phenoxy) is 1. The van der Waals surface area contributed by atoms with Crippen molar-refractivity contribution in [1.29, 1.82) is 0 Å². The molecule has 1 aromatic carbocycles. The number of likely N-dealkylation sites (N-methyl/N-ethyl adjacent to an activating group) is 1. The van der Waals surface area contributed by atoms with E-state index in [1.165, 1.54) is 0 Å². The van der Waals surface area contributed by atoms with Gasteiger partial charge in [0.05, 0.1) is 0 Å². The van der Waals surface area contributed by atoms with Gasteiger partial charge in [-0.25, -0.2) is 4.79 Å². The summed E-state index contributed by atoms with van der Waals surface area (Å²) in [4.78, 5) is 13.2. The molecule has 1 amide bonds. The van der Waals surface area contributed by atoms with Crippen molar-refractivity contribution < 1.29 is 9.53 Å². The Morgan fingerprint density at radius 2 is 1.89 bits per heavy atom. The van der Waals surface area contributed by atoms with Crippen LogP contribution >= 0.6 is 0 Å². The molecule has 100 valence electrons. The van der Waals surface area contributed by atoms with Crippen LogP contribution in [-0.2, 0) is 4.74 Å². The maximum absolute atomic E-state index is 11.7. The molecule has 0 aromatic heterocycles. The van der Waals surface area contributed by atoms with Gasteiger partial charge in [-0.3, -0.25) is 0 Å². The number of nitrogens with one attached hydrogen (secondary N) is 1. The zero-order valence-corrected chi connectivity index (χ0v) is 11.6. The van der Waals surface area contributed by atoms with Gasteiger partial charge in [0.25, 0.3) is 0 Å². The molecule has 0 aliphatic carbocycles. The second-order valence-corrected chi connectivity index (χ2v) is 5.19. The van der Waals surface area contributed by atoms with E-state index in [2.05, 4.69) is 5.32 Å².